The summed E-state index contributed by atoms with van der Waals surface area (Å²) in [5, 5.41) is 0. The SMILES string of the molecule is COC(=O)N(C)c1ccc(C(C)C)cc1OC. The summed E-state index contributed by atoms with van der Waals surface area (Å²) in [5.41, 5.74) is 1.87. The zero-order chi connectivity index (χ0) is 13.0. The molecule has 0 saturated heterocycles. The molecule has 0 heterocycles. The molecular formula is C13H19NO3. The second-order valence-corrected chi connectivity index (χ2v) is 4.12. The summed E-state index contributed by atoms with van der Waals surface area (Å²) in [6, 6.07) is 5.80. The first-order valence-corrected chi connectivity index (χ1v) is 5.50. The minimum absolute atomic E-state index is 0.416. The minimum atomic E-state index is -0.416. The quantitative estimate of drug-likeness (QED) is 0.811. The summed E-state index contributed by atoms with van der Waals surface area (Å²) >= 11 is 0. The molecule has 0 atom stereocenters. The van der Waals surface area contributed by atoms with Crippen molar-refractivity contribution in [1.29, 1.82) is 0 Å². The third kappa shape index (κ3) is 2.90. The van der Waals surface area contributed by atoms with Gasteiger partial charge in [0.2, 0.25) is 0 Å². The summed E-state index contributed by atoms with van der Waals surface area (Å²) in [7, 11) is 4.60. The van der Waals surface area contributed by atoms with Crippen LogP contribution in [0.1, 0.15) is 25.3 Å². The molecule has 94 valence electrons. The van der Waals surface area contributed by atoms with E-state index in [4.69, 9.17) is 4.74 Å². The lowest BCUT2D eigenvalue weighted by atomic mass is 10.0. The van der Waals surface area contributed by atoms with Gasteiger partial charge in [-0.05, 0) is 23.6 Å². The Bertz CT molecular complexity index is 402. The molecular weight excluding hydrogens is 218 g/mol. The molecule has 0 aliphatic heterocycles. The van der Waals surface area contributed by atoms with Crippen molar-refractivity contribution in [3.8, 4) is 5.75 Å². The van der Waals surface area contributed by atoms with Crippen molar-refractivity contribution in [3.63, 3.8) is 0 Å². The lowest BCUT2D eigenvalue weighted by Gasteiger charge is -2.19. The van der Waals surface area contributed by atoms with E-state index < -0.39 is 6.09 Å². The van der Waals surface area contributed by atoms with Crippen LogP contribution in [0.4, 0.5) is 10.5 Å². The number of ether oxygens (including phenoxy) is 2. The maximum atomic E-state index is 11.4. The van der Waals surface area contributed by atoms with Crippen LogP contribution in [0.5, 0.6) is 5.75 Å². The molecule has 1 rings (SSSR count). The first-order valence-electron chi connectivity index (χ1n) is 5.50. The fraction of sp³-hybridized carbons (Fsp3) is 0.462. The van der Waals surface area contributed by atoms with Crippen molar-refractivity contribution < 1.29 is 14.3 Å². The lowest BCUT2D eigenvalue weighted by Crippen LogP contribution is -2.26. The van der Waals surface area contributed by atoms with Gasteiger partial charge in [-0.25, -0.2) is 4.79 Å². The molecule has 0 aromatic heterocycles. The molecule has 4 heteroatoms. The van der Waals surface area contributed by atoms with Crippen molar-refractivity contribution in [2.75, 3.05) is 26.2 Å². The molecule has 0 fully saturated rings. The number of methoxy groups -OCH3 is 2. The molecule has 0 radical (unpaired) electrons. The van der Waals surface area contributed by atoms with Crippen LogP contribution in [0.2, 0.25) is 0 Å². The molecule has 1 aromatic rings. The van der Waals surface area contributed by atoms with Crippen LogP contribution in [0.3, 0.4) is 0 Å². The van der Waals surface area contributed by atoms with Crippen LogP contribution >= 0.6 is 0 Å². The molecule has 0 aliphatic carbocycles. The van der Waals surface area contributed by atoms with Gasteiger partial charge in [0.25, 0.3) is 0 Å². The smallest absolute Gasteiger partial charge is 0.413 e. The van der Waals surface area contributed by atoms with Gasteiger partial charge in [0.15, 0.2) is 0 Å². The summed E-state index contributed by atoms with van der Waals surface area (Å²) in [4.78, 5) is 12.9. The van der Waals surface area contributed by atoms with Crippen LogP contribution in [0, 0.1) is 0 Å². The number of anilines is 1. The normalized spacial score (nSPS) is 10.2. The number of carbonyl (C=O) groups excluding carboxylic acids is 1. The molecule has 1 aromatic carbocycles. The van der Waals surface area contributed by atoms with Crippen molar-refractivity contribution in [1.82, 2.24) is 0 Å². The first-order chi connectivity index (χ1) is 8.01. The minimum Gasteiger partial charge on any atom is -0.495 e. The van der Waals surface area contributed by atoms with E-state index in [0.29, 0.717) is 17.4 Å². The monoisotopic (exact) mass is 237 g/mol. The van der Waals surface area contributed by atoms with Gasteiger partial charge in [-0.2, -0.15) is 0 Å². The van der Waals surface area contributed by atoms with E-state index in [9.17, 15) is 4.79 Å². The van der Waals surface area contributed by atoms with Crippen LogP contribution in [0.25, 0.3) is 0 Å². The zero-order valence-corrected chi connectivity index (χ0v) is 11.0. The topological polar surface area (TPSA) is 38.8 Å². The van der Waals surface area contributed by atoms with E-state index in [2.05, 4.69) is 18.6 Å². The Balaban J connectivity index is 3.12. The molecule has 0 saturated carbocycles. The molecule has 17 heavy (non-hydrogen) atoms. The second kappa shape index (κ2) is 5.57. The van der Waals surface area contributed by atoms with E-state index in [-0.39, 0.29) is 0 Å². The summed E-state index contributed by atoms with van der Waals surface area (Å²) in [6.45, 7) is 4.22. The predicted octanol–water partition coefficient (Wildman–Crippen LogP) is 3.02. The Labute approximate surface area is 102 Å². The van der Waals surface area contributed by atoms with Gasteiger partial charge in [-0.15, -0.1) is 0 Å². The highest BCUT2D eigenvalue weighted by molar-refractivity contribution is 5.89. The van der Waals surface area contributed by atoms with Crippen molar-refractivity contribution in [2.45, 2.75) is 19.8 Å². The summed E-state index contributed by atoms with van der Waals surface area (Å²) in [5.74, 6) is 1.09. The van der Waals surface area contributed by atoms with Gasteiger partial charge in [0.05, 0.1) is 19.9 Å². The number of hydrogen-bond acceptors (Lipinski definition) is 3. The van der Waals surface area contributed by atoms with Crippen LogP contribution in [0.15, 0.2) is 18.2 Å². The summed E-state index contributed by atoms with van der Waals surface area (Å²) < 4.78 is 9.98. The lowest BCUT2D eigenvalue weighted by molar-refractivity contribution is 0.180. The van der Waals surface area contributed by atoms with Gasteiger partial charge >= 0.3 is 6.09 Å². The highest BCUT2D eigenvalue weighted by Crippen LogP contribution is 2.31. The van der Waals surface area contributed by atoms with Gasteiger partial charge in [0, 0.05) is 7.05 Å². The third-order valence-electron chi connectivity index (χ3n) is 2.68. The van der Waals surface area contributed by atoms with Crippen LogP contribution in [-0.2, 0) is 4.74 Å². The van der Waals surface area contributed by atoms with Crippen molar-refractivity contribution >= 4 is 11.8 Å². The number of rotatable bonds is 3. The highest BCUT2D eigenvalue weighted by Gasteiger charge is 2.16. The Morgan fingerprint density at radius 2 is 1.94 bits per heavy atom. The average Bonchev–Trinajstić information content (AvgIpc) is 2.35. The fourth-order valence-corrected chi connectivity index (χ4v) is 1.57. The van der Waals surface area contributed by atoms with E-state index in [1.54, 1.807) is 14.2 Å². The zero-order valence-electron chi connectivity index (χ0n) is 11.0. The highest BCUT2D eigenvalue weighted by atomic mass is 16.5. The van der Waals surface area contributed by atoms with Crippen molar-refractivity contribution in [3.05, 3.63) is 23.8 Å². The maximum Gasteiger partial charge on any atom is 0.413 e. The van der Waals surface area contributed by atoms with E-state index in [1.165, 1.54) is 17.6 Å². The Morgan fingerprint density at radius 3 is 2.41 bits per heavy atom. The average molecular weight is 237 g/mol. The molecule has 1 amide bonds. The van der Waals surface area contributed by atoms with Crippen molar-refractivity contribution in [2.24, 2.45) is 0 Å². The largest absolute Gasteiger partial charge is 0.495 e. The number of carbonyl (C=O) groups is 1. The predicted molar refractivity (Wildman–Crippen MR) is 67.9 cm³/mol. The molecule has 0 aliphatic rings. The number of nitrogens with zero attached hydrogens (tertiary/aromatic N) is 1. The molecule has 0 spiro atoms. The van der Waals surface area contributed by atoms with Gasteiger partial charge < -0.3 is 9.47 Å². The first kappa shape index (κ1) is 13.4. The Morgan fingerprint density at radius 1 is 1.29 bits per heavy atom. The second-order valence-electron chi connectivity index (χ2n) is 4.12. The van der Waals surface area contributed by atoms with Crippen LogP contribution < -0.4 is 9.64 Å². The van der Waals surface area contributed by atoms with Crippen LogP contribution in [-0.4, -0.2) is 27.4 Å². The maximum absolute atomic E-state index is 11.4. The number of amides is 1. The Kier molecular flexibility index (Phi) is 4.37. The van der Waals surface area contributed by atoms with E-state index >= 15 is 0 Å². The molecule has 0 N–H and O–H groups in total. The van der Waals surface area contributed by atoms with Gasteiger partial charge in [-0.3, -0.25) is 4.90 Å². The summed E-state index contributed by atoms with van der Waals surface area (Å²) in [6.07, 6.45) is -0.416. The third-order valence-corrected chi connectivity index (χ3v) is 2.68. The molecule has 0 bridgehead atoms. The molecule has 4 nitrogen and oxygen atoms in total. The van der Waals surface area contributed by atoms with Gasteiger partial charge in [0.1, 0.15) is 5.75 Å². The van der Waals surface area contributed by atoms with Gasteiger partial charge in [-0.1, -0.05) is 19.9 Å². The number of benzene rings is 1. The van der Waals surface area contributed by atoms with E-state index in [1.807, 2.05) is 18.2 Å². The Hall–Kier alpha value is -1.71. The fourth-order valence-electron chi connectivity index (χ4n) is 1.57. The number of hydrogen-bond donors (Lipinski definition) is 0. The standard InChI is InChI=1S/C13H19NO3/c1-9(2)10-6-7-11(12(8-10)16-4)14(3)13(15)17-5/h6-9H,1-5H3. The molecule has 0 unspecified atom stereocenters. The van der Waals surface area contributed by atoms with E-state index in [0.717, 1.165) is 0 Å².